The predicted octanol–water partition coefficient (Wildman–Crippen LogP) is 3.86. The fourth-order valence-corrected chi connectivity index (χ4v) is 6.14. The van der Waals surface area contributed by atoms with Gasteiger partial charge in [0.1, 0.15) is 5.69 Å². The molecule has 2 aliphatic rings. The summed E-state index contributed by atoms with van der Waals surface area (Å²) in [7, 11) is 1.95. The lowest BCUT2D eigenvalue weighted by molar-refractivity contribution is -0.126. The van der Waals surface area contributed by atoms with Crippen LogP contribution in [0.25, 0.3) is 10.2 Å². The fourth-order valence-electron chi connectivity index (χ4n) is 5.30. The summed E-state index contributed by atoms with van der Waals surface area (Å²) in [6.07, 6.45) is 6.40. The van der Waals surface area contributed by atoms with Gasteiger partial charge in [0, 0.05) is 51.2 Å². The third kappa shape index (κ3) is 4.82. The molecule has 0 aromatic carbocycles. The maximum absolute atomic E-state index is 13.0. The van der Waals surface area contributed by atoms with Crippen LogP contribution in [-0.4, -0.2) is 64.4 Å². The summed E-state index contributed by atoms with van der Waals surface area (Å²) in [4.78, 5) is 30.1. The van der Waals surface area contributed by atoms with E-state index >= 15 is 0 Å². The molecule has 2 aromatic heterocycles. The Labute approximate surface area is 189 Å². The van der Waals surface area contributed by atoms with Gasteiger partial charge in [0.2, 0.25) is 5.91 Å². The summed E-state index contributed by atoms with van der Waals surface area (Å²) < 4.78 is 3.13. The van der Waals surface area contributed by atoms with Crippen molar-refractivity contribution in [2.75, 3.05) is 26.2 Å². The zero-order valence-corrected chi connectivity index (χ0v) is 19.9. The average Bonchev–Trinajstić information content (AvgIpc) is 3.35. The Hall–Kier alpha value is -1.86. The molecule has 6 nitrogen and oxygen atoms in total. The van der Waals surface area contributed by atoms with Gasteiger partial charge in [-0.1, -0.05) is 6.42 Å². The minimum atomic E-state index is 0.0220. The SMILES string of the molecule is C[C@H]1CCC[C@H](C)N1CCCNC(=O)C1CCN(C(=O)c2cc3sccc3n2C)CC1. The van der Waals surface area contributed by atoms with Gasteiger partial charge in [0.05, 0.1) is 10.2 Å². The maximum atomic E-state index is 13.0. The fraction of sp³-hybridized carbons (Fsp3) is 0.667. The molecule has 0 unspecified atom stereocenters. The maximum Gasteiger partial charge on any atom is 0.270 e. The van der Waals surface area contributed by atoms with Crippen LogP contribution in [0.15, 0.2) is 17.5 Å². The van der Waals surface area contributed by atoms with E-state index in [-0.39, 0.29) is 17.7 Å². The Kier molecular flexibility index (Phi) is 7.02. The van der Waals surface area contributed by atoms with Crippen LogP contribution in [0.5, 0.6) is 0 Å². The molecule has 0 aliphatic carbocycles. The summed E-state index contributed by atoms with van der Waals surface area (Å²) in [6, 6.07) is 5.35. The highest BCUT2D eigenvalue weighted by Gasteiger charge is 2.29. The van der Waals surface area contributed by atoms with E-state index in [2.05, 4.69) is 35.5 Å². The van der Waals surface area contributed by atoms with Gasteiger partial charge in [-0.2, -0.15) is 0 Å². The highest BCUT2D eigenvalue weighted by Crippen LogP contribution is 2.26. The molecule has 0 bridgehead atoms. The monoisotopic (exact) mass is 444 g/mol. The lowest BCUT2D eigenvalue weighted by atomic mass is 9.95. The molecule has 0 saturated carbocycles. The molecule has 2 saturated heterocycles. The van der Waals surface area contributed by atoms with Gasteiger partial charge in [-0.15, -0.1) is 11.3 Å². The second-order valence-corrected chi connectivity index (χ2v) is 10.3. The largest absolute Gasteiger partial charge is 0.356 e. The smallest absolute Gasteiger partial charge is 0.270 e. The standard InChI is InChI=1S/C24H36N4O2S/c1-17-6-4-7-18(2)28(17)12-5-11-25-23(29)19-8-13-27(14-9-19)24(30)21-16-22-20(26(21)3)10-15-31-22/h10,15-19H,4-9,11-14H2,1-3H3,(H,25,29)/t17-,18-/m0/s1. The first-order valence-corrected chi connectivity index (χ1v) is 12.7. The van der Waals surface area contributed by atoms with E-state index in [9.17, 15) is 9.59 Å². The molecular weight excluding hydrogens is 408 g/mol. The van der Waals surface area contributed by atoms with Crippen LogP contribution in [0.2, 0.25) is 0 Å². The number of thiophene rings is 1. The number of hydrogen-bond donors (Lipinski definition) is 1. The van der Waals surface area contributed by atoms with Crippen molar-refractivity contribution in [3.8, 4) is 0 Å². The van der Waals surface area contributed by atoms with Crippen LogP contribution in [0.3, 0.4) is 0 Å². The molecule has 31 heavy (non-hydrogen) atoms. The van der Waals surface area contributed by atoms with Gasteiger partial charge < -0.3 is 14.8 Å². The Morgan fingerprint density at radius 3 is 2.52 bits per heavy atom. The van der Waals surface area contributed by atoms with Crippen molar-refractivity contribution < 1.29 is 9.59 Å². The van der Waals surface area contributed by atoms with E-state index in [1.807, 2.05) is 22.6 Å². The summed E-state index contributed by atoms with van der Waals surface area (Å²) in [5.74, 6) is 0.259. The molecule has 2 aliphatic heterocycles. The molecule has 2 amide bonds. The number of nitrogens with zero attached hydrogens (tertiary/aromatic N) is 3. The molecular formula is C24H36N4O2S. The van der Waals surface area contributed by atoms with Gasteiger partial charge in [0.25, 0.3) is 5.91 Å². The number of carbonyl (C=O) groups is 2. The number of aromatic nitrogens is 1. The Morgan fingerprint density at radius 1 is 1.13 bits per heavy atom. The second kappa shape index (κ2) is 9.74. The summed E-state index contributed by atoms with van der Waals surface area (Å²) in [5.41, 5.74) is 1.85. The summed E-state index contributed by atoms with van der Waals surface area (Å²) in [5, 5.41) is 5.20. The highest BCUT2D eigenvalue weighted by molar-refractivity contribution is 7.17. The molecule has 2 atom stereocenters. The van der Waals surface area contributed by atoms with E-state index in [1.165, 1.54) is 19.3 Å². The Bertz CT molecular complexity index is 902. The number of amides is 2. The molecule has 0 spiro atoms. The van der Waals surface area contributed by atoms with Gasteiger partial charge >= 0.3 is 0 Å². The third-order valence-electron chi connectivity index (χ3n) is 7.30. The first kappa shape index (κ1) is 22.3. The quantitative estimate of drug-likeness (QED) is 0.689. The lowest BCUT2D eigenvalue weighted by Crippen LogP contribution is -2.45. The van der Waals surface area contributed by atoms with Crippen molar-refractivity contribution in [3.63, 3.8) is 0 Å². The topological polar surface area (TPSA) is 57.6 Å². The normalized spacial score (nSPS) is 23.4. The Balaban J connectivity index is 1.20. The summed E-state index contributed by atoms with van der Waals surface area (Å²) in [6.45, 7) is 7.75. The first-order chi connectivity index (χ1) is 15.0. The number of piperidine rings is 2. The van der Waals surface area contributed by atoms with Gasteiger partial charge in [-0.25, -0.2) is 0 Å². The van der Waals surface area contributed by atoms with Gasteiger partial charge in [-0.05, 0) is 63.5 Å². The van der Waals surface area contributed by atoms with Crippen LogP contribution in [-0.2, 0) is 11.8 Å². The number of fused-ring (bicyclic) bond motifs is 1. The van der Waals surface area contributed by atoms with E-state index in [1.54, 1.807) is 11.3 Å². The van der Waals surface area contributed by atoms with Crippen LogP contribution < -0.4 is 5.32 Å². The Morgan fingerprint density at radius 2 is 1.84 bits per heavy atom. The van der Waals surface area contributed by atoms with Crippen LogP contribution in [0.1, 0.15) is 62.9 Å². The molecule has 2 aromatic rings. The molecule has 7 heteroatoms. The van der Waals surface area contributed by atoms with E-state index in [0.717, 1.165) is 48.3 Å². The number of rotatable bonds is 6. The van der Waals surface area contributed by atoms with Crippen molar-refractivity contribution >= 4 is 33.4 Å². The van der Waals surface area contributed by atoms with Crippen molar-refractivity contribution in [1.82, 2.24) is 19.7 Å². The zero-order valence-electron chi connectivity index (χ0n) is 19.1. The van der Waals surface area contributed by atoms with Crippen molar-refractivity contribution in [2.45, 2.75) is 64.5 Å². The highest BCUT2D eigenvalue weighted by atomic mass is 32.1. The number of aryl methyl sites for hydroxylation is 1. The molecule has 2 fully saturated rings. The molecule has 0 radical (unpaired) electrons. The first-order valence-electron chi connectivity index (χ1n) is 11.8. The average molecular weight is 445 g/mol. The number of nitrogens with one attached hydrogen (secondary N) is 1. The number of carbonyl (C=O) groups excluding carboxylic acids is 2. The van der Waals surface area contributed by atoms with E-state index in [0.29, 0.717) is 25.2 Å². The number of likely N-dealkylation sites (tertiary alicyclic amines) is 2. The molecule has 4 heterocycles. The molecule has 4 rings (SSSR count). The van der Waals surface area contributed by atoms with Crippen LogP contribution in [0.4, 0.5) is 0 Å². The van der Waals surface area contributed by atoms with Crippen molar-refractivity contribution in [1.29, 1.82) is 0 Å². The molecule has 1 N–H and O–H groups in total. The third-order valence-corrected chi connectivity index (χ3v) is 8.16. The zero-order chi connectivity index (χ0) is 22.0. The lowest BCUT2D eigenvalue weighted by Gasteiger charge is -2.39. The number of hydrogen-bond acceptors (Lipinski definition) is 4. The minimum absolute atomic E-state index is 0.0220. The van der Waals surface area contributed by atoms with Crippen molar-refractivity contribution in [2.24, 2.45) is 13.0 Å². The van der Waals surface area contributed by atoms with Gasteiger partial charge in [0.15, 0.2) is 0 Å². The second-order valence-electron chi connectivity index (χ2n) is 9.34. The van der Waals surface area contributed by atoms with Crippen LogP contribution in [0, 0.1) is 5.92 Å². The van der Waals surface area contributed by atoms with Gasteiger partial charge in [-0.3, -0.25) is 14.5 Å². The van der Waals surface area contributed by atoms with Crippen molar-refractivity contribution in [3.05, 3.63) is 23.2 Å². The minimum Gasteiger partial charge on any atom is -0.356 e. The van der Waals surface area contributed by atoms with E-state index < -0.39 is 0 Å². The van der Waals surface area contributed by atoms with Crippen LogP contribution >= 0.6 is 11.3 Å². The van der Waals surface area contributed by atoms with E-state index in [4.69, 9.17) is 0 Å². The summed E-state index contributed by atoms with van der Waals surface area (Å²) >= 11 is 1.66. The predicted molar refractivity (Wildman–Crippen MR) is 127 cm³/mol. The molecule has 170 valence electrons.